The minimum atomic E-state index is -0.0441. The second kappa shape index (κ2) is 6.20. The van der Waals surface area contributed by atoms with Gasteiger partial charge in [-0.05, 0) is 31.9 Å². The molecular formula is C12H21ClN4O. The van der Waals surface area contributed by atoms with Gasteiger partial charge in [-0.3, -0.25) is 9.48 Å². The van der Waals surface area contributed by atoms with E-state index in [0.717, 1.165) is 13.0 Å². The predicted molar refractivity (Wildman–Crippen MR) is 73.0 cm³/mol. The van der Waals surface area contributed by atoms with Crippen molar-refractivity contribution in [1.29, 1.82) is 0 Å². The van der Waals surface area contributed by atoms with Crippen LogP contribution in [0.5, 0.6) is 0 Å². The first-order valence-electron chi connectivity index (χ1n) is 6.12. The Balaban J connectivity index is 0.00000162. The van der Waals surface area contributed by atoms with Gasteiger partial charge in [0.15, 0.2) is 0 Å². The molecule has 2 rings (SSSR count). The molecule has 1 amide bonds. The molecule has 1 aromatic heterocycles. The number of aryl methyl sites for hydroxylation is 1. The number of carbonyl (C=O) groups excluding carboxylic acids is 1. The first-order chi connectivity index (χ1) is 8.09. The van der Waals surface area contributed by atoms with E-state index in [1.807, 2.05) is 0 Å². The standard InChI is InChI=1S/C12H20N4O.ClH/c1-8-4-6-13-9(2)11(8)15-12(17)10-5-7-14-16(10)3;/h5,7-9,11,13H,4,6H2,1-3H3,(H,15,17);1H. The maximum atomic E-state index is 12.1. The van der Waals surface area contributed by atoms with Gasteiger partial charge in [0.25, 0.3) is 5.91 Å². The average Bonchev–Trinajstić information content (AvgIpc) is 2.70. The van der Waals surface area contributed by atoms with Crippen molar-refractivity contribution in [2.75, 3.05) is 6.54 Å². The fourth-order valence-electron chi connectivity index (χ4n) is 2.43. The highest BCUT2D eigenvalue weighted by Gasteiger charge is 2.29. The third-order valence-electron chi connectivity index (χ3n) is 3.57. The zero-order valence-corrected chi connectivity index (χ0v) is 11.8. The van der Waals surface area contributed by atoms with Crippen LogP contribution in [-0.2, 0) is 7.05 Å². The van der Waals surface area contributed by atoms with Crippen LogP contribution in [0.3, 0.4) is 0 Å². The highest BCUT2D eigenvalue weighted by atomic mass is 35.5. The molecule has 1 aliphatic rings. The van der Waals surface area contributed by atoms with Crippen molar-refractivity contribution in [3.63, 3.8) is 0 Å². The fraction of sp³-hybridized carbons (Fsp3) is 0.667. The second-order valence-corrected chi connectivity index (χ2v) is 4.85. The summed E-state index contributed by atoms with van der Waals surface area (Å²) in [6.07, 6.45) is 2.74. The number of nitrogens with zero attached hydrogens (tertiary/aromatic N) is 2. The minimum Gasteiger partial charge on any atom is -0.346 e. The lowest BCUT2D eigenvalue weighted by molar-refractivity contribution is 0.0888. The van der Waals surface area contributed by atoms with Gasteiger partial charge in [0.05, 0.1) is 0 Å². The molecule has 5 nitrogen and oxygen atoms in total. The van der Waals surface area contributed by atoms with E-state index in [1.54, 1.807) is 24.0 Å². The van der Waals surface area contributed by atoms with Gasteiger partial charge in [-0.25, -0.2) is 0 Å². The van der Waals surface area contributed by atoms with Gasteiger partial charge in [-0.1, -0.05) is 6.92 Å². The van der Waals surface area contributed by atoms with Gasteiger partial charge < -0.3 is 10.6 Å². The molecule has 1 saturated heterocycles. The van der Waals surface area contributed by atoms with Crippen molar-refractivity contribution in [3.05, 3.63) is 18.0 Å². The number of hydrogen-bond acceptors (Lipinski definition) is 3. The number of amides is 1. The van der Waals surface area contributed by atoms with E-state index in [4.69, 9.17) is 0 Å². The summed E-state index contributed by atoms with van der Waals surface area (Å²) < 4.78 is 1.60. The van der Waals surface area contributed by atoms with E-state index in [9.17, 15) is 4.79 Å². The molecule has 0 aliphatic carbocycles. The number of carbonyl (C=O) groups is 1. The largest absolute Gasteiger partial charge is 0.346 e. The Morgan fingerprint density at radius 2 is 2.28 bits per heavy atom. The Morgan fingerprint density at radius 1 is 1.56 bits per heavy atom. The second-order valence-electron chi connectivity index (χ2n) is 4.85. The molecule has 0 saturated carbocycles. The molecule has 0 aromatic carbocycles. The van der Waals surface area contributed by atoms with Crippen LogP contribution in [0, 0.1) is 5.92 Å². The molecule has 0 bridgehead atoms. The van der Waals surface area contributed by atoms with Crippen molar-refractivity contribution < 1.29 is 4.79 Å². The van der Waals surface area contributed by atoms with Gasteiger partial charge in [-0.2, -0.15) is 5.10 Å². The molecular weight excluding hydrogens is 252 g/mol. The first kappa shape index (κ1) is 15.0. The fourth-order valence-corrected chi connectivity index (χ4v) is 2.43. The number of piperidine rings is 1. The van der Waals surface area contributed by atoms with Crippen LogP contribution in [0.4, 0.5) is 0 Å². The summed E-state index contributed by atoms with van der Waals surface area (Å²) in [4.78, 5) is 12.1. The van der Waals surface area contributed by atoms with Crippen LogP contribution in [0.25, 0.3) is 0 Å². The summed E-state index contributed by atoms with van der Waals surface area (Å²) in [7, 11) is 1.78. The van der Waals surface area contributed by atoms with E-state index in [-0.39, 0.29) is 24.4 Å². The van der Waals surface area contributed by atoms with Gasteiger partial charge >= 0.3 is 0 Å². The van der Waals surface area contributed by atoms with Crippen LogP contribution in [0.1, 0.15) is 30.8 Å². The molecule has 18 heavy (non-hydrogen) atoms. The van der Waals surface area contributed by atoms with Crippen molar-refractivity contribution in [1.82, 2.24) is 20.4 Å². The quantitative estimate of drug-likeness (QED) is 0.843. The molecule has 1 aliphatic heterocycles. The van der Waals surface area contributed by atoms with Crippen LogP contribution in [0.15, 0.2) is 12.3 Å². The lowest BCUT2D eigenvalue weighted by Crippen LogP contribution is -2.56. The number of rotatable bonds is 2. The molecule has 2 heterocycles. The maximum Gasteiger partial charge on any atom is 0.269 e. The highest BCUT2D eigenvalue weighted by Crippen LogP contribution is 2.16. The lowest BCUT2D eigenvalue weighted by atomic mass is 9.89. The Labute approximate surface area is 114 Å². The zero-order valence-electron chi connectivity index (χ0n) is 11.0. The average molecular weight is 273 g/mol. The van der Waals surface area contributed by atoms with E-state index >= 15 is 0 Å². The summed E-state index contributed by atoms with van der Waals surface area (Å²) in [6.45, 7) is 5.33. The van der Waals surface area contributed by atoms with Gasteiger partial charge in [0, 0.05) is 25.3 Å². The Kier molecular flexibility index (Phi) is 5.16. The van der Waals surface area contributed by atoms with Gasteiger partial charge in [0.1, 0.15) is 5.69 Å². The molecule has 6 heteroatoms. The minimum absolute atomic E-state index is 0. The highest BCUT2D eigenvalue weighted by molar-refractivity contribution is 5.92. The summed E-state index contributed by atoms with van der Waals surface area (Å²) in [5.41, 5.74) is 0.606. The number of aromatic nitrogens is 2. The van der Waals surface area contributed by atoms with E-state index in [0.29, 0.717) is 17.7 Å². The summed E-state index contributed by atoms with van der Waals surface area (Å²) in [5.74, 6) is 0.459. The number of hydrogen-bond donors (Lipinski definition) is 2. The summed E-state index contributed by atoms with van der Waals surface area (Å²) >= 11 is 0. The van der Waals surface area contributed by atoms with Crippen molar-refractivity contribution in [3.8, 4) is 0 Å². The summed E-state index contributed by atoms with van der Waals surface area (Å²) in [5, 5.41) is 10.5. The molecule has 2 N–H and O–H groups in total. The van der Waals surface area contributed by atoms with Crippen LogP contribution >= 0.6 is 12.4 Å². The van der Waals surface area contributed by atoms with E-state index < -0.39 is 0 Å². The Hall–Kier alpha value is -1.07. The molecule has 1 fully saturated rings. The van der Waals surface area contributed by atoms with Crippen LogP contribution < -0.4 is 10.6 Å². The Morgan fingerprint density at radius 3 is 2.83 bits per heavy atom. The first-order valence-corrected chi connectivity index (χ1v) is 6.12. The smallest absolute Gasteiger partial charge is 0.269 e. The molecule has 3 atom stereocenters. The number of halogens is 1. The van der Waals surface area contributed by atoms with Crippen molar-refractivity contribution >= 4 is 18.3 Å². The van der Waals surface area contributed by atoms with Crippen molar-refractivity contribution in [2.45, 2.75) is 32.4 Å². The van der Waals surface area contributed by atoms with Crippen molar-refractivity contribution in [2.24, 2.45) is 13.0 Å². The maximum absolute atomic E-state index is 12.1. The van der Waals surface area contributed by atoms with Gasteiger partial charge in [-0.15, -0.1) is 12.4 Å². The number of nitrogens with one attached hydrogen (secondary N) is 2. The van der Waals surface area contributed by atoms with E-state index in [1.165, 1.54) is 0 Å². The third kappa shape index (κ3) is 3.03. The molecule has 1 aromatic rings. The lowest BCUT2D eigenvalue weighted by Gasteiger charge is -2.35. The third-order valence-corrected chi connectivity index (χ3v) is 3.57. The Bertz CT molecular complexity index is 397. The SMILES string of the molecule is CC1CCNC(C)C1NC(=O)c1ccnn1C.Cl. The monoisotopic (exact) mass is 272 g/mol. The van der Waals surface area contributed by atoms with Gasteiger partial charge in [0.2, 0.25) is 0 Å². The summed E-state index contributed by atoms with van der Waals surface area (Å²) in [6, 6.07) is 2.24. The topological polar surface area (TPSA) is 58.9 Å². The molecule has 102 valence electrons. The normalized spacial score (nSPS) is 27.4. The van der Waals surface area contributed by atoms with E-state index in [2.05, 4.69) is 29.6 Å². The van der Waals surface area contributed by atoms with Crippen LogP contribution in [0.2, 0.25) is 0 Å². The zero-order chi connectivity index (χ0) is 12.4. The predicted octanol–water partition coefficient (Wildman–Crippen LogP) is 0.958. The molecule has 3 unspecified atom stereocenters. The molecule has 0 radical (unpaired) electrons. The molecule has 0 spiro atoms. The van der Waals surface area contributed by atoms with Crippen LogP contribution in [-0.4, -0.2) is 34.3 Å².